The molecule has 1 aromatic rings. The van der Waals surface area contributed by atoms with E-state index in [9.17, 15) is 0 Å². The van der Waals surface area contributed by atoms with Gasteiger partial charge in [0.25, 0.3) is 0 Å². The van der Waals surface area contributed by atoms with Gasteiger partial charge in [0, 0.05) is 6.04 Å². The van der Waals surface area contributed by atoms with Crippen molar-refractivity contribution < 1.29 is 4.74 Å². The predicted octanol–water partition coefficient (Wildman–Crippen LogP) is 4.11. The molecule has 1 aromatic carbocycles. The summed E-state index contributed by atoms with van der Waals surface area (Å²) in [5.74, 6) is 1.71. The van der Waals surface area contributed by atoms with Crippen LogP contribution in [0.5, 0.6) is 5.75 Å². The lowest BCUT2D eigenvalue weighted by molar-refractivity contribution is 0.335. The minimum absolute atomic E-state index is 0.713. The van der Waals surface area contributed by atoms with Gasteiger partial charge in [0.05, 0.1) is 6.61 Å². The van der Waals surface area contributed by atoms with E-state index in [1.807, 2.05) is 6.92 Å². The minimum atomic E-state index is 0.713. The molecule has 0 aliphatic heterocycles. The van der Waals surface area contributed by atoms with E-state index in [1.165, 1.54) is 37.7 Å². The molecular formula is C17H27NO. The Labute approximate surface area is 117 Å². The fourth-order valence-electron chi connectivity index (χ4n) is 3.03. The number of hydrogen-bond donors (Lipinski definition) is 1. The Morgan fingerprint density at radius 1 is 1.16 bits per heavy atom. The fraction of sp³-hybridized carbons (Fsp3) is 0.647. The summed E-state index contributed by atoms with van der Waals surface area (Å²) in [6.07, 6.45) is 6.53. The summed E-state index contributed by atoms with van der Waals surface area (Å²) in [4.78, 5) is 0. The summed E-state index contributed by atoms with van der Waals surface area (Å²) in [7, 11) is 0. The Balaban J connectivity index is 1.92. The third-order valence-corrected chi connectivity index (χ3v) is 4.02. The van der Waals surface area contributed by atoms with Crippen LogP contribution in [0, 0.1) is 0 Å². The molecule has 106 valence electrons. The van der Waals surface area contributed by atoms with Crippen LogP contribution in [0.3, 0.4) is 0 Å². The molecule has 0 radical (unpaired) electrons. The highest BCUT2D eigenvalue weighted by Gasteiger charge is 2.22. The lowest BCUT2D eigenvalue weighted by Gasteiger charge is -2.30. The second kappa shape index (κ2) is 7.54. The number of hydrogen-bond acceptors (Lipinski definition) is 2. The summed E-state index contributed by atoms with van der Waals surface area (Å²) in [5.41, 5.74) is 1.48. The molecule has 0 heterocycles. The Kier molecular flexibility index (Phi) is 5.71. The zero-order chi connectivity index (χ0) is 13.5. The van der Waals surface area contributed by atoms with Crippen LogP contribution in [-0.2, 0) is 0 Å². The zero-order valence-corrected chi connectivity index (χ0v) is 12.3. The molecule has 1 fully saturated rings. The SMILES string of the molecule is CCCNC1CCCC(c2ccc(OCC)cc2)C1. The highest BCUT2D eigenvalue weighted by atomic mass is 16.5. The van der Waals surface area contributed by atoms with E-state index < -0.39 is 0 Å². The van der Waals surface area contributed by atoms with Crippen molar-refractivity contribution in [2.45, 2.75) is 57.9 Å². The summed E-state index contributed by atoms with van der Waals surface area (Å²) >= 11 is 0. The standard InChI is InChI=1S/C17H27NO/c1-3-12-18-16-7-5-6-15(13-16)14-8-10-17(11-9-14)19-4-2/h8-11,15-16,18H,3-7,12-13H2,1-2H3. The van der Waals surface area contributed by atoms with Gasteiger partial charge in [-0.1, -0.05) is 25.5 Å². The van der Waals surface area contributed by atoms with Crippen molar-refractivity contribution >= 4 is 0 Å². The summed E-state index contributed by atoms with van der Waals surface area (Å²) < 4.78 is 5.51. The Morgan fingerprint density at radius 2 is 1.95 bits per heavy atom. The maximum absolute atomic E-state index is 5.51. The molecule has 2 rings (SSSR count). The van der Waals surface area contributed by atoms with Crippen LogP contribution in [0.2, 0.25) is 0 Å². The molecule has 0 bridgehead atoms. The van der Waals surface area contributed by atoms with Crippen molar-refractivity contribution in [3.63, 3.8) is 0 Å². The van der Waals surface area contributed by atoms with Crippen molar-refractivity contribution in [2.24, 2.45) is 0 Å². The molecule has 1 N–H and O–H groups in total. The highest BCUT2D eigenvalue weighted by Crippen LogP contribution is 2.33. The van der Waals surface area contributed by atoms with Gasteiger partial charge in [0.2, 0.25) is 0 Å². The van der Waals surface area contributed by atoms with Crippen molar-refractivity contribution in [1.82, 2.24) is 5.32 Å². The number of nitrogens with one attached hydrogen (secondary N) is 1. The molecule has 2 heteroatoms. The van der Waals surface area contributed by atoms with Gasteiger partial charge in [0.1, 0.15) is 5.75 Å². The van der Waals surface area contributed by atoms with Gasteiger partial charge in [-0.15, -0.1) is 0 Å². The molecular weight excluding hydrogens is 234 g/mol. The van der Waals surface area contributed by atoms with Gasteiger partial charge in [-0.25, -0.2) is 0 Å². The van der Waals surface area contributed by atoms with Gasteiger partial charge >= 0.3 is 0 Å². The maximum Gasteiger partial charge on any atom is 0.119 e. The van der Waals surface area contributed by atoms with Crippen molar-refractivity contribution in [1.29, 1.82) is 0 Å². The molecule has 0 amide bonds. The predicted molar refractivity (Wildman–Crippen MR) is 80.9 cm³/mol. The lowest BCUT2D eigenvalue weighted by Crippen LogP contribution is -2.33. The lowest BCUT2D eigenvalue weighted by atomic mass is 9.81. The van der Waals surface area contributed by atoms with E-state index in [0.29, 0.717) is 6.04 Å². The summed E-state index contributed by atoms with van der Waals surface area (Å²) in [6, 6.07) is 9.43. The van der Waals surface area contributed by atoms with E-state index in [2.05, 4.69) is 36.5 Å². The zero-order valence-electron chi connectivity index (χ0n) is 12.3. The molecule has 1 aliphatic carbocycles. The third kappa shape index (κ3) is 4.24. The molecule has 1 aliphatic rings. The Hall–Kier alpha value is -1.02. The smallest absolute Gasteiger partial charge is 0.119 e. The van der Waals surface area contributed by atoms with Crippen LogP contribution in [0.1, 0.15) is 57.4 Å². The van der Waals surface area contributed by atoms with E-state index in [4.69, 9.17) is 4.74 Å². The number of benzene rings is 1. The third-order valence-electron chi connectivity index (χ3n) is 4.02. The quantitative estimate of drug-likeness (QED) is 0.832. The topological polar surface area (TPSA) is 21.3 Å². The van der Waals surface area contributed by atoms with Gasteiger partial charge in [0.15, 0.2) is 0 Å². The second-order valence-electron chi connectivity index (χ2n) is 5.52. The van der Waals surface area contributed by atoms with Gasteiger partial charge in [-0.05, 0) is 62.8 Å². The molecule has 0 aromatic heterocycles. The van der Waals surface area contributed by atoms with E-state index in [0.717, 1.165) is 24.8 Å². The fourth-order valence-corrected chi connectivity index (χ4v) is 3.03. The summed E-state index contributed by atoms with van der Waals surface area (Å²) in [6.45, 7) is 6.16. The van der Waals surface area contributed by atoms with Gasteiger partial charge in [-0.2, -0.15) is 0 Å². The molecule has 2 atom stereocenters. The molecule has 1 saturated carbocycles. The average molecular weight is 261 g/mol. The van der Waals surface area contributed by atoms with Crippen molar-refractivity contribution in [2.75, 3.05) is 13.2 Å². The number of ether oxygens (including phenoxy) is 1. The van der Waals surface area contributed by atoms with Crippen molar-refractivity contribution in [3.05, 3.63) is 29.8 Å². The van der Waals surface area contributed by atoms with Crippen molar-refractivity contribution in [3.8, 4) is 5.75 Å². The van der Waals surface area contributed by atoms with Crippen LogP contribution in [0.25, 0.3) is 0 Å². The van der Waals surface area contributed by atoms with Crippen LogP contribution in [0.4, 0.5) is 0 Å². The molecule has 2 unspecified atom stereocenters. The average Bonchev–Trinajstić information content (AvgIpc) is 2.46. The molecule has 0 saturated heterocycles. The van der Waals surface area contributed by atoms with Gasteiger partial charge < -0.3 is 10.1 Å². The Bertz CT molecular complexity index is 360. The molecule has 19 heavy (non-hydrogen) atoms. The van der Waals surface area contributed by atoms with E-state index in [1.54, 1.807) is 0 Å². The van der Waals surface area contributed by atoms with Crippen LogP contribution >= 0.6 is 0 Å². The first kappa shape index (κ1) is 14.4. The first-order valence-corrected chi connectivity index (χ1v) is 7.79. The van der Waals surface area contributed by atoms with Crippen LogP contribution < -0.4 is 10.1 Å². The molecule has 2 nitrogen and oxygen atoms in total. The highest BCUT2D eigenvalue weighted by molar-refractivity contribution is 5.29. The minimum Gasteiger partial charge on any atom is -0.494 e. The van der Waals surface area contributed by atoms with Gasteiger partial charge in [-0.3, -0.25) is 0 Å². The van der Waals surface area contributed by atoms with E-state index in [-0.39, 0.29) is 0 Å². The second-order valence-corrected chi connectivity index (χ2v) is 5.52. The largest absolute Gasteiger partial charge is 0.494 e. The monoisotopic (exact) mass is 261 g/mol. The Morgan fingerprint density at radius 3 is 2.63 bits per heavy atom. The number of rotatable bonds is 6. The molecule has 0 spiro atoms. The normalized spacial score (nSPS) is 23.3. The van der Waals surface area contributed by atoms with Crippen LogP contribution in [-0.4, -0.2) is 19.2 Å². The van der Waals surface area contributed by atoms with Crippen LogP contribution in [0.15, 0.2) is 24.3 Å². The first-order chi connectivity index (χ1) is 9.33. The summed E-state index contributed by atoms with van der Waals surface area (Å²) in [5, 5.41) is 3.68. The first-order valence-electron chi connectivity index (χ1n) is 7.79. The maximum atomic E-state index is 5.51. The van der Waals surface area contributed by atoms with E-state index >= 15 is 0 Å².